The number of nitrogens with zero attached hydrogens (tertiary/aromatic N) is 1. The van der Waals surface area contributed by atoms with Crippen LogP contribution < -0.4 is 30.2 Å². The highest BCUT2D eigenvalue weighted by molar-refractivity contribution is 6.08. The van der Waals surface area contributed by atoms with E-state index in [4.69, 9.17) is 34.5 Å². The van der Waals surface area contributed by atoms with Gasteiger partial charge in [0.25, 0.3) is 5.56 Å². The van der Waals surface area contributed by atoms with Crippen LogP contribution in [0.15, 0.2) is 83.7 Å². The van der Waals surface area contributed by atoms with Crippen molar-refractivity contribution in [3.05, 3.63) is 106 Å². The smallest absolute Gasteiger partial charge is 0.355 e. The number of carbonyl (C=O) groups is 2. The van der Waals surface area contributed by atoms with Gasteiger partial charge in [0.1, 0.15) is 18.1 Å². The van der Waals surface area contributed by atoms with E-state index in [1.54, 1.807) is 66.7 Å². The van der Waals surface area contributed by atoms with Gasteiger partial charge < -0.3 is 34.5 Å². The number of pyridine rings is 1. The number of nitrogens with two attached hydrogens (primary N) is 1. The number of aromatic carboxylic acids is 1. The van der Waals surface area contributed by atoms with Crippen molar-refractivity contribution in [3.8, 4) is 39.8 Å². The van der Waals surface area contributed by atoms with Gasteiger partial charge in [-0.25, -0.2) is 9.59 Å². The number of nitrogen functional groups attached to an aromatic ring is 1. The Morgan fingerprint density at radius 1 is 0.804 bits per heavy atom. The Kier molecular flexibility index (Phi) is 10.1. The van der Waals surface area contributed by atoms with Gasteiger partial charge in [-0.05, 0) is 83.2 Å². The highest BCUT2D eigenvalue weighted by atomic mass is 35.5. The van der Waals surface area contributed by atoms with E-state index in [1.165, 1.54) is 45.1 Å². The molecule has 0 amide bonds. The van der Waals surface area contributed by atoms with Crippen molar-refractivity contribution in [1.29, 1.82) is 0 Å². The van der Waals surface area contributed by atoms with Gasteiger partial charge in [-0.3, -0.25) is 9.36 Å². The Labute approximate surface area is 270 Å². The molecule has 3 N–H and O–H groups in total. The zero-order valence-electron chi connectivity index (χ0n) is 25.4. The topological polar surface area (TPSA) is 149 Å². The molecule has 0 aliphatic rings. The minimum Gasteiger partial charge on any atom is -0.493 e. The molecule has 12 heteroatoms. The number of esters is 1. The second-order valence-electron chi connectivity index (χ2n) is 9.86. The van der Waals surface area contributed by atoms with Crippen molar-refractivity contribution >= 4 is 40.8 Å². The second kappa shape index (κ2) is 14.0. The Balaban J connectivity index is 0.00000480. The third-order valence-corrected chi connectivity index (χ3v) is 7.24. The van der Waals surface area contributed by atoms with Crippen LogP contribution in [0.1, 0.15) is 26.4 Å². The van der Waals surface area contributed by atoms with Crippen molar-refractivity contribution in [1.82, 2.24) is 4.57 Å². The minimum absolute atomic E-state index is 0. The summed E-state index contributed by atoms with van der Waals surface area (Å²) < 4.78 is 29.2. The molecule has 0 aliphatic carbocycles. The number of aromatic nitrogens is 1. The van der Waals surface area contributed by atoms with Gasteiger partial charge in [0.15, 0.2) is 11.5 Å². The van der Waals surface area contributed by atoms with E-state index in [2.05, 4.69) is 0 Å². The number of fused-ring (bicyclic) bond motifs is 1. The summed E-state index contributed by atoms with van der Waals surface area (Å²) in [6, 6.07) is 21.2. The molecule has 0 aliphatic heterocycles. The molecular weight excluding hydrogens is 616 g/mol. The predicted molar refractivity (Wildman–Crippen MR) is 175 cm³/mol. The van der Waals surface area contributed by atoms with E-state index >= 15 is 0 Å². The normalized spacial score (nSPS) is 10.5. The lowest BCUT2D eigenvalue weighted by atomic mass is 9.95. The summed E-state index contributed by atoms with van der Waals surface area (Å²) in [5.41, 5.74) is 8.03. The lowest BCUT2D eigenvalue weighted by Crippen LogP contribution is -2.27. The van der Waals surface area contributed by atoms with Gasteiger partial charge in [-0.2, -0.15) is 0 Å². The highest BCUT2D eigenvalue weighted by Crippen LogP contribution is 2.44. The number of methoxy groups -OCH3 is 4. The number of ether oxygens (including phenoxy) is 5. The van der Waals surface area contributed by atoms with Crippen LogP contribution in [0.25, 0.3) is 27.6 Å². The van der Waals surface area contributed by atoms with Crippen LogP contribution in [-0.4, -0.2) is 50.1 Å². The third kappa shape index (κ3) is 6.26. The molecule has 5 rings (SSSR count). The first-order chi connectivity index (χ1) is 21.7. The molecule has 11 nitrogen and oxygen atoms in total. The van der Waals surface area contributed by atoms with Crippen LogP contribution in [0, 0.1) is 0 Å². The van der Waals surface area contributed by atoms with Gasteiger partial charge in [0.2, 0.25) is 5.75 Å². The molecule has 0 atom stereocenters. The number of carbonyl (C=O) groups excluding carboxylic acids is 1. The van der Waals surface area contributed by atoms with Crippen LogP contribution in [-0.2, 0) is 11.3 Å². The molecule has 0 saturated carbocycles. The van der Waals surface area contributed by atoms with E-state index in [0.29, 0.717) is 50.9 Å². The van der Waals surface area contributed by atoms with E-state index in [-0.39, 0.29) is 35.7 Å². The fourth-order valence-corrected chi connectivity index (χ4v) is 5.06. The van der Waals surface area contributed by atoms with Gasteiger partial charge >= 0.3 is 11.9 Å². The molecule has 0 saturated heterocycles. The molecule has 0 unspecified atom stereocenters. The summed E-state index contributed by atoms with van der Waals surface area (Å²) in [7, 11) is 5.69. The molecule has 4 aromatic carbocycles. The fraction of sp³-hybridized carbons (Fsp3) is 0.147. The van der Waals surface area contributed by atoms with Gasteiger partial charge in [0.05, 0.1) is 39.4 Å². The maximum atomic E-state index is 14.3. The second-order valence-corrected chi connectivity index (χ2v) is 9.86. The molecule has 0 spiro atoms. The number of carboxylic acid groups (broad SMARTS) is 1. The van der Waals surface area contributed by atoms with Gasteiger partial charge in [0, 0.05) is 16.9 Å². The Morgan fingerprint density at radius 2 is 1.43 bits per heavy atom. The maximum absolute atomic E-state index is 14.3. The van der Waals surface area contributed by atoms with Crippen molar-refractivity contribution < 1.29 is 38.4 Å². The predicted octanol–water partition coefficient (Wildman–Crippen LogP) is 5.75. The number of hydrogen-bond acceptors (Lipinski definition) is 9. The van der Waals surface area contributed by atoms with E-state index in [0.717, 1.165) is 5.56 Å². The average Bonchev–Trinajstić information content (AvgIpc) is 3.06. The maximum Gasteiger partial charge on any atom is 0.355 e. The number of halogens is 1. The largest absolute Gasteiger partial charge is 0.493 e. The number of rotatable bonds is 10. The molecule has 1 aromatic heterocycles. The van der Waals surface area contributed by atoms with Crippen molar-refractivity contribution in [3.63, 3.8) is 0 Å². The molecule has 0 bridgehead atoms. The summed E-state index contributed by atoms with van der Waals surface area (Å²) in [4.78, 5) is 39.0. The highest BCUT2D eigenvalue weighted by Gasteiger charge is 2.27. The molecule has 0 radical (unpaired) electrons. The Hall–Kier alpha value is -5.68. The first-order valence-corrected chi connectivity index (χ1v) is 13.6. The lowest BCUT2D eigenvalue weighted by Gasteiger charge is -2.21. The van der Waals surface area contributed by atoms with E-state index < -0.39 is 17.5 Å². The first-order valence-electron chi connectivity index (χ1n) is 13.6. The number of carboxylic acids is 1. The van der Waals surface area contributed by atoms with Gasteiger partial charge in [-0.1, -0.05) is 12.1 Å². The molecule has 0 fully saturated rings. The van der Waals surface area contributed by atoms with Crippen LogP contribution in [0.4, 0.5) is 5.69 Å². The summed E-state index contributed by atoms with van der Waals surface area (Å²) >= 11 is 0. The van der Waals surface area contributed by atoms with Crippen molar-refractivity contribution in [2.24, 2.45) is 0 Å². The third-order valence-electron chi connectivity index (χ3n) is 7.24. The lowest BCUT2D eigenvalue weighted by molar-refractivity contribution is 0.0590. The Bertz CT molecular complexity index is 1950. The van der Waals surface area contributed by atoms with Crippen LogP contribution >= 0.6 is 12.4 Å². The summed E-state index contributed by atoms with van der Waals surface area (Å²) in [5, 5.41) is 9.87. The summed E-state index contributed by atoms with van der Waals surface area (Å²) in [6.07, 6.45) is 0. The van der Waals surface area contributed by atoms with Crippen LogP contribution in [0.5, 0.6) is 23.0 Å². The van der Waals surface area contributed by atoms with Crippen molar-refractivity contribution in [2.45, 2.75) is 6.61 Å². The quantitative estimate of drug-likeness (QED) is 0.142. The zero-order valence-corrected chi connectivity index (χ0v) is 26.2. The monoisotopic (exact) mass is 646 g/mol. The molecule has 238 valence electrons. The van der Waals surface area contributed by atoms with E-state index in [9.17, 15) is 14.4 Å². The minimum atomic E-state index is -1.02. The van der Waals surface area contributed by atoms with Crippen LogP contribution in [0.2, 0.25) is 0 Å². The molecule has 1 heterocycles. The number of benzene rings is 4. The molecular formula is C34H31ClN2O9. The number of anilines is 1. The standard InChI is InChI=1S/C34H30N2O9.ClH/c1-41-27-15-21(16-28(42-2)31(27)43-3)29-25-14-13-24(45-18-19-5-7-20(8-6-19)33(38)39)17-26(25)32(37)36(30(29)34(40)44-4)23-11-9-22(35)10-12-23;/h5-17H,18,35H2,1-4H3,(H,38,39);1H. The number of hydrogen-bond donors (Lipinski definition) is 2. The van der Waals surface area contributed by atoms with E-state index in [1.807, 2.05) is 0 Å². The van der Waals surface area contributed by atoms with Crippen molar-refractivity contribution in [2.75, 3.05) is 34.2 Å². The SMILES string of the molecule is COC(=O)c1c(-c2cc(OC)c(OC)c(OC)c2)c2ccc(OCc3ccc(C(=O)O)cc3)cc2c(=O)n1-c1ccc(N)cc1.Cl. The van der Waals surface area contributed by atoms with Crippen LogP contribution in [0.3, 0.4) is 0 Å². The summed E-state index contributed by atoms with van der Waals surface area (Å²) in [6.45, 7) is 0.123. The fourth-order valence-electron chi connectivity index (χ4n) is 5.06. The van der Waals surface area contributed by atoms with Gasteiger partial charge in [-0.15, -0.1) is 12.4 Å². The zero-order chi connectivity index (χ0) is 32.2. The Morgan fingerprint density at radius 3 is 1.98 bits per heavy atom. The molecule has 5 aromatic rings. The first kappa shape index (κ1) is 33.2. The summed E-state index contributed by atoms with van der Waals surface area (Å²) in [5.74, 6) is -0.354. The average molecular weight is 647 g/mol. The molecule has 46 heavy (non-hydrogen) atoms.